The van der Waals surface area contributed by atoms with Crippen LogP contribution in [-0.2, 0) is 0 Å². The Hall–Kier alpha value is -2.74. The van der Waals surface area contributed by atoms with Gasteiger partial charge in [0.05, 0.1) is 6.04 Å². The van der Waals surface area contributed by atoms with Gasteiger partial charge in [-0.25, -0.2) is 0 Å². The van der Waals surface area contributed by atoms with Crippen LogP contribution in [-0.4, -0.2) is 4.90 Å². The molecule has 0 bridgehead atoms. The molecule has 0 saturated carbocycles. The molecule has 2 aliphatic rings. The normalized spacial score (nSPS) is 19.6. The molecule has 0 spiro atoms. The van der Waals surface area contributed by atoms with E-state index < -0.39 is 0 Å². The molecular weight excluding hydrogens is 282 g/mol. The molecule has 2 aromatic carbocycles. The fraction of sp³-hybridized carbons (Fsp3) is 0.143. The van der Waals surface area contributed by atoms with E-state index in [9.17, 15) is 0 Å². The first-order chi connectivity index (χ1) is 11.2. The third-order valence-electron chi connectivity index (χ3n) is 4.89. The van der Waals surface area contributed by atoms with Crippen molar-refractivity contribution in [2.24, 2.45) is 0 Å². The highest BCUT2D eigenvalue weighted by Gasteiger charge is 2.26. The molecule has 23 heavy (non-hydrogen) atoms. The lowest BCUT2D eigenvalue weighted by Crippen LogP contribution is -2.26. The Morgan fingerprint density at radius 3 is 2.78 bits per heavy atom. The van der Waals surface area contributed by atoms with Gasteiger partial charge in [-0.05, 0) is 55.3 Å². The van der Waals surface area contributed by atoms with Crippen LogP contribution in [0.2, 0.25) is 0 Å². The Morgan fingerprint density at radius 1 is 1.00 bits per heavy atom. The number of rotatable bonds is 0. The Labute approximate surface area is 135 Å². The number of nitrogens with zero attached hydrogens (tertiary/aromatic N) is 1. The summed E-state index contributed by atoms with van der Waals surface area (Å²) in [5, 5.41) is 2.39. The summed E-state index contributed by atoms with van der Waals surface area (Å²) in [6.45, 7) is 4.32. The Balaban J connectivity index is 1.84. The highest BCUT2D eigenvalue weighted by Crippen LogP contribution is 2.41. The molecule has 2 heteroatoms. The maximum atomic E-state index is 6.04. The summed E-state index contributed by atoms with van der Waals surface area (Å²) in [6, 6.07) is 13.0. The lowest BCUT2D eigenvalue weighted by molar-refractivity contribution is 0.394. The molecule has 1 unspecified atom stereocenters. The lowest BCUT2D eigenvalue weighted by atomic mass is 9.90. The summed E-state index contributed by atoms with van der Waals surface area (Å²) < 4.78 is 6.04. The Kier molecular flexibility index (Phi) is 2.44. The molecule has 0 amide bonds. The molecule has 0 saturated heterocycles. The summed E-state index contributed by atoms with van der Waals surface area (Å²) in [6.07, 6.45) is 8.94. The van der Waals surface area contributed by atoms with E-state index in [0.29, 0.717) is 0 Å². The van der Waals surface area contributed by atoms with Gasteiger partial charge in [0.2, 0.25) is 0 Å². The van der Waals surface area contributed by atoms with Crippen LogP contribution in [0.15, 0.2) is 70.4 Å². The summed E-state index contributed by atoms with van der Waals surface area (Å²) in [4.78, 5) is 2.34. The van der Waals surface area contributed by atoms with E-state index in [-0.39, 0.29) is 6.04 Å². The van der Waals surface area contributed by atoms with E-state index in [0.717, 1.165) is 11.2 Å². The van der Waals surface area contributed by atoms with Crippen LogP contribution in [0, 0.1) is 0 Å². The van der Waals surface area contributed by atoms with Crippen LogP contribution < -0.4 is 0 Å². The van der Waals surface area contributed by atoms with Gasteiger partial charge in [0, 0.05) is 22.7 Å². The van der Waals surface area contributed by atoms with Gasteiger partial charge in [-0.15, -0.1) is 0 Å². The van der Waals surface area contributed by atoms with Crippen LogP contribution >= 0.6 is 0 Å². The molecule has 2 nitrogen and oxygen atoms in total. The van der Waals surface area contributed by atoms with Crippen LogP contribution in [0.3, 0.4) is 0 Å². The van der Waals surface area contributed by atoms with Crippen LogP contribution in [0.5, 0.6) is 0 Å². The molecule has 0 fully saturated rings. The van der Waals surface area contributed by atoms with Crippen molar-refractivity contribution in [3.63, 3.8) is 0 Å². The molecule has 112 valence electrons. The minimum atomic E-state index is 0.276. The molecule has 2 aliphatic heterocycles. The van der Waals surface area contributed by atoms with Crippen molar-refractivity contribution in [3.8, 4) is 0 Å². The number of hydrogen-bond acceptors (Lipinski definition) is 2. The van der Waals surface area contributed by atoms with Gasteiger partial charge in [-0.2, -0.15) is 0 Å². The quantitative estimate of drug-likeness (QED) is 0.523. The lowest BCUT2D eigenvalue weighted by Gasteiger charge is -2.36. The zero-order valence-corrected chi connectivity index (χ0v) is 13.2. The maximum absolute atomic E-state index is 6.04. The fourth-order valence-electron chi connectivity index (χ4n) is 3.74. The molecule has 3 heterocycles. The third kappa shape index (κ3) is 1.75. The molecule has 5 rings (SSSR count). The van der Waals surface area contributed by atoms with Gasteiger partial charge in [-0.3, -0.25) is 0 Å². The second-order valence-electron chi connectivity index (χ2n) is 6.44. The van der Waals surface area contributed by atoms with Gasteiger partial charge in [0.1, 0.15) is 11.2 Å². The van der Waals surface area contributed by atoms with E-state index in [2.05, 4.69) is 67.4 Å². The van der Waals surface area contributed by atoms with Crippen molar-refractivity contribution in [1.82, 2.24) is 4.90 Å². The second-order valence-corrected chi connectivity index (χ2v) is 6.44. The van der Waals surface area contributed by atoms with E-state index in [4.69, 9.17) is 4.42 Å². The number of allylic oxidation sites excluding steroid dienone is 3. The number of hydrogen-bond donors (Lipinski definition) is 0. The summed E-state index contributed by atoms with van der Waals surface area (Å²) >= 11 is 0. The summed E-state index contributed by atoms with van der Waals surface area (Å²) in [7, 11) is 0. The maximum Gasteiger partial charge on any atom is 0.136 e. The number of fused-ring (bicyclic) bond motifs is 6. The van der Waals surface area contributed by atoms with Crippen molar-refractivity contribution < 1.29 is 4.42 Å². The predicted molar refractivity (Wildman–Crippen MR) is 94.8 cm³/mol. The van der Waals surface area contributed by atoms with E-state index in [1.807, 2.05) is 12.1 Å². The van der Waals surface area contributed by atoms with E-state index in [1.165, 1.54) is 33.2 Å². The summed E-state index contributed by atoms with van der Waals surface area (Å²) in [5.41, 5.74) is 7.10. The first kappa shape index (κ1) is 12.8. The van der Waals surface area contributed by atoms with Gasteiger partial charge in [0.15, 0.2) is 0 Å². The highest BCUT2D eigenvalue weighted by molar-refractivity contribution is 6.05. The van der Waals surface area contributed by atoms with Crippen LogP contribution in [0.1, 0.15) is 31.0 Å². The van der Waals surface area contributed by atoms with Crippen molar-refractivity contribution in [2.45, 2.75) is 19.9 Å². The minimum Gasteiger partial charge on any atom is -0.456 e. The van der Waals surface area contributed by atoms with Crippen LogP contribution in [0.25, 0.3) is 28.0 Å². The van der Waals surface area contributed by atoms with Crippen LogP contribution in [0.4, 0.5) is 0 Å². The van der Waals surface area contributed by atoms with Gasteiger partial charge in [0.25, 0.3) is 0 Å². The van der Waals surface area contributed by atoms with Crippen molar-refractivity contribution in [2.75, 3.05) is 0 Å². The highest BCUT2D eigenvalue weighted by atomic mass is 16.3. The van der Waals surface area contributed by atoms with Gasteiger partial charge < -0.3 is 9.32 Å². The first-order valence-corrected chi connectivity index (χ1v) is 7.99. The number of benzene rings is 2. The summed E-state index contributed by atoms with van der Waals surface area (Å²) in [5.74, 6) is 0. The third-order valence-corrected chi connectivity index (χ3v) is 4.89. The average Bonchev–Trinajstić information content (AvgIpc) is 2.90. The molecule has 1 aromatic heterocycles. The van der Waals surface area contributed by atoms with Gasteiger partial charge >= 0.3 is 0 Å². The first-order valence-electron chi connectivity index (χ1n) is 7.99. The Bertz CT molecular complexity index is 1050. The fourth-order valence-corrected chi connectivity index (χ4v) is 3.74. The van der Waals surface area contributed by atoms with E-state index in [1.54, 1.807) is 0 Å². The van der Waals surface area contributed by atoms with Crippen molar-refractivity contribution in [3.05, 3.63) is 77.1 Å². The van der Waals surface area contributed by atoms with Gasteiger partial charge in [-0.1, -0.05) is 29.8 Å². The predicted octanol–water partition coefficient (Wildman–Crippen LogP) is 5.78. The zero-order chi connectivity index (χ0) is 15.6. The molecular formula is C21H17NO. The molecule has 1 atom stereocenters. The monoisotopic (exact) mass is 299 g/mol. The minimum absolute atomic E-state index is 0.276. The Morgan fingerprint density at radius 2 is 1.87 bits per heavy atom. The zero-order valence-electron chi connectivity index (χ0n) is 13.2. The second kappa shape index (κ2) is 4.39. The van der Waals surface area contributed by atoms with E-state index >= 15 is 0 Å². The standard InChI is InChI=1S/C21H17NO/c1-13-7-8-22-14(2)10-15-11-21-18(12-17(15)19(22)9-13)16-5-3-4-6-20(16)23-21/h3-12,19H,1-2H3. The number of para-hydroxylation sites is 1. The van der Waals surface area contributed by atoms with Crippen molar-refractivity contribution in [1.29, 1.82) is 0 Å². The van der Waals surface area contributed by atoms with Crippen molar-refractivity contribution >= 4 is 28.0 Å². The average molecular weight is 299 g/mol. The molecule has 0 radical (unpaired) electrons. The molecule has 0 N–H and O–H groups in total. The SMILES string of the molecule is CC1=CC2c3cc4c(cc3C=C(C)N2C=C1)oc1ccccc14. The topological polar surface area (TPSA) is 16.4 Å². The largest absolute Gasteiger partial charge is 0.456 e. The molecule has 0 aliphatic carbocycles. The smallest absolute Gasteiger partial charge is 0.136 e. The molecule has 3 aromatic rings. The number of furan rings is 1.